The summed E-state index contributed by atoms with van der Waals surface area (Å²) in [7, 11) is 0. The molecule has 0 atom stereocenters. The number of aromatic hydroxyl groups is 2. The van der Waals surface area contributed by atoms with Gasteiger partial charge >= 0.3 is 0 Å². The number of rotatable bonds is 9. The Morgan fingerprint density at radius 3 is 1.47 bits per heavy atom. The predicted octanol–water partition coefficient (Wildman–Crippen LogP) is 4.60. The van der Waals surface area contributed by atoms with Crippen molar-refractivity contribution in [2.75, 3.05) is 10.6 Å². The van der Waals surface area contributed by atoms with E-state index in [1.807, 2.05) is 0 Å². The second-order valence-corrected chi connectivity index (χ2v) is 7.71. The van der Waals surface area contributed by atoms with Gasteiger partial charge in [-0.05, 0) is 36.4 Å². The molecule has 2 aromatic carbocycles. The fourth-order valence-electron chi connectivity index (χ4n) is 3.41. The van der Waals surface area contributed by atoms with Crippen molar-refractivity contribution in [3.8, 4) is 22.9 Å². The monoisotopic (exact) mass is 488 g/mol. The third kappa shape index (κ3) is 5.62. The summed E-state index contributed by atoms with van der Waals surface area (Å²) in [6.07, 6.45) is 3.15. The molecule has 12 heteroatoms. The Balaban J connectivity index is 1.47. The van der Waals surface area contributed by atoms with Crippen LogP contribution in [0.2, 0.25) is 0 Å². The first kappa shape index (κ1) is 23.9. The highest BCUT2D eigenvalue weighted by Gasteiger charge is 2.12. The van der Waals surface area contributed by atoms with E-state index in [9.17, 15) is 30.4 Å². The molecule has 0 aliphatic carbocycles. The van der Waals surface area contributed by atoms with E-state index in [0.29, 0.717) is 33.9 Å². The maximum Gasteiger partial charge on any atom is 0.270 e. The molecular formula is C24H20N6O6. The van der Waals surface area contributed by atoms with Crippen LogP contribution in [-0.4, -0.2) is 30.0 Å². The third-order valence-electron chi connectivity index (χ3n) is 5.30. The van der Waals surface area contributed by atoms with Crippen LogP contribution < -0.4 is 10.6 Å². The van der Waals surface area contributed by atoms with Gasteiger partial charge in [0, 0.05) is 72.3 Å². The van der Waals surface area contributed by atoms with Gasteiger partial charge < -0.3 is 20.8 Å². The number of hydrogen-bond donors (Lipinski definition) is 4. The molecule has 0 saturated heterocycles. The molecule has 4 rings (SSSR count). The van der Waals surface area contributed by atoms with E-state index in [2.05, 4.69) is 20.6 Å². The number of benzene rings is 2. The smallest absolute Gasteiger partial charge is 0.270 e. The Labute approximate surface area is 204 Å². The van der Waals surface area contributed by atoms with Gasteiger partial charge in [-0.15, -0.1) is 0 Å². The second kappa shape index (κ2) is 10.3. The molecule has 0 unspecified atom stereocenters. The Bertz CT molecular complexity index is 1340. The van der Waals surface area contributed by atoms with Crippen molar-refractivity contribution >= 4 is 22.7 Å². The van der Waals surface area contributed by atoms with Crippen LogP contribution in [0.3, 0.4) is 0 Å². The molecule has 12 nitrogen and oxygen atoms in total. The van der Waals surface area contributed by atoms with Gasteiger partial charge in [0.25, 0.3) is 11.4 Å². The maximum atomic E-state index is 11.0. The Kier molecular flexibility index (Phi) is 6.86. The summed E-state index contributed by atoms with van der Waals surface area (Å²) in [5, 5.41) is 48.2. The summed E-state index contributed by atoms with van der Waals surface area (Å²) in [5.41, 5.74) is 2.92. The first-order valence-corrected chi connectivity index (χ1v) is 10.6. The summed E-state index contributed by atoms with van der Waals surface area (Å²) < 4.78 is 0. The number of pyridine rings is 2. The first-order valence-electron chi connectivity index (χ1n) is 10.6. The summed E-state index contributed by atoms with van der Waals surface area (Å²) >= 11 is 0. The number of nitro benzene ring substituents is 2. The Morgan fingerprint density at radius 2 is 1.08 bits per heavy atom. The molecule has 4 aromatic rings. The van der Waals surface area contributed by atoms with Crippen molar-refractivity contribution in [2.24, 2.45) is 0 Å². The first-order chi connectivity index (χ1) is 17.3. The number of phenolic OH excluding ortho intramolecular Hbond substituents is 2. The van der Waals surface area contributed by atoms with Crippen molar-refractivity contribution in [3.63, 3.8) is 0 Å². The quantitative estimate of drug-likeness (QED) is 0.192. The number of phenols is 2. The molecule has 0 saturated carbocycles. The van der Waals surface area contributed by atoms with Crippen LogP contribution in [0, 0.1) is 20.2 Å². The molecule has 0 radical (unpaired) electrons. The summed E-state index contributed by atoms with van der Waals surface area (Å²) in [4.78, 5) is 29.6. The largest absolute Gasteiger partial charge is 0.508 e. The molecule has 36 heavy (non-hydrogen) atoms. The van der Waals surface area contributed by atoms with Crippen molar-refractivity contribution in [1.82, 2.24) is 9.97 Å². The zero-order valence-corrected chi connectivity index (χ0v) is 18.7. The molecule has 0 aliphatic rings. The maximum absolute atomic E-state index is 11.0. The van der Waals surface area contributed by atoms with E-state index in [-0.39, 0.29) is 36.0 Å². The Hall–Kier alpha value is -5.26. The SMILES string of the molecule is O=[N+]([O-])c1ccc(O)c(CNc2ccnc(-c3cc(NCc4cc([N+](=O)[O-])ccc4O)ccn3)c2)c1. The number of aromatic nitrogens is 2. The Morgan fingerprint density at radius 1 is 0.667 bits per heavy atom. The van der Waals surface area contributed by atoms with Crippen LogP contribution in [-0.2, 0) is 13.1 Å². The minimum Gasteiger partial charge on any atom is -0.508 e. The van der Waals surface area contributed by atoms with E-state index in [1.54, 1.807) is 36.7 Å². The average molecular weight is 488 g/mol. The molecule has 2 heterocycles. The zero-order chi connectivity index (χ0) is 25.7. The number of non-ortho nitro benzene ring substituents is 2. The predicted molar refractivity (Wildman–Crippen MR) is 132 cm³/mol. The van der Waals surface area contributed by atoms with E-state index >= 15 is 0 Å². The normalized spacial score (nSPS) is 10.6. The highest BCUT2D eigenvalue weighted by Crippen LogP contribution is 2.27. The molecule has 0 bridgehead atoms. The van der Waals surface area contributed by atoms with Gasteiger partial charge in [-0.3, -0.25) is 30.2 Å². The summed E-state index contributed by atoms with van der Waals surface area (Å²) in [5.74, 6) is -0.116. The lowest BCUT2D eigenvalue weighted by atomic mass is 10.1. The van der Waals surface area contributed by atoms with Crippen LogP contribution in [0.4, 0.5) is 22.7 Å². The number of nitro groups is 2. The van der Waals surface area contributed by atoms with Crippen molar-refractivity contribution < 1.29 is 20.1 Å². The standard InChI is InChI=1S/C24H20N6O6/c31-23-3-1-19(29(33)34)9-15(23)13-27-17-5-7-25-21(11-17)22-12-18(6-8-26-22)28-14-16-10-20(30(35)36)2-4-24(16)32/h1-12,31-32H,13-14H2,(H,25,27)(H,26,28). The lowest BCUT2D eigenvalue weighted by Gasteiger charge is -2.11. The van der Waals surface area contributed by atoms with Gasteiger partial charge in [0.05, 0.1) is 21.2 Å². The van der Waals surface area contributed by atoms with Gasteiger partial charge in [0.1, 0.15) is 11.5 Å². The number of nitrogens with one attached hydrogen (secondary N) is 2. The van der Waals surface area contributed by atoms with Gasteiger partial charge in [-0.2, -0.15) is 0 Å². The second-order valence-electron chi connectivity index (χ2n) is 7.71. The number of hydrogen-bond acceptors (Lipinski definition) is 10. The number of nitrogens with zero attached hydrogens (tertiary/aromatic N) is 4. The summed E-state index contributed by atoms with van der Waals surface area (Å²) in [6, 6.07) is 14.6. The van der Waals surface area contributed by atoms with Crippen molar-refractivity contribution in [1.29, 1.82) is 0 Å². The highest BCUT2D eigenvalue weighted by molar-refractivity contribution is 5.64. The molecule has 182 valence electrons. The number of anilines is 2. The molecule has 2 aromatic heterocycles. The van der Waals surface area contributed by atoms with E-state index in [1.165, 1.54) is 36.4 Å². The van der Waals surface area contributed by atoms with Crippen molar-refractivity contribution in [3.05, 3.63) is 104 Å². The molecule has 0 spiro atoms. The van der Waals surface area contributed by atoms with Crippen molar-refractivity contribution in [2.45, 2.75) is 13.1 Å². The minimum atomic E-state index is -0.527. The zero-order valence-electron chi connectivity index (χ0n) is 18.7. The summed E-state index contributed by atoms with van der Waals surface area (Å²) in [6.45, 7) is 0.303. The third-order valence-corrected chi connectivity index (χ3v) is 5.30. The van der Waals surface area contributed by atoms with E-state index in [4.69, 9.17) is 0 Å². The minimum absolute atomic E-state index is 0.0578. The molecule has 0 aliphatic heterocycles. The molecule has 4 N–H and O–H groups in total. The van der Waals surface area contributed by atoms with Crippen LogP contribution in [0.1, 0.15) is 11.1 Å². The highest BCUT2D eigenvalue weighted by atomic mass is 16.6. The molecule has 0 fully saturated rings. The van der Waals surface area contributed by atoms with Gasteiger partial charge in [0.15, 0.2) is 0 Å². The van der Waals surface area contributed by atoms with Crippen LogP contribution in [0.25, 0.3) is 11.4 Å². The average Bonchev–Trinajstić information content (AvgIpc) is 2.88. The topological polar surface area (TPSA) is 177 Å². The van der Waals surface area contributed by atoms with Gasteiger partial charge in [-0.25, -0.2) is 0 Å². The van der Waals surface area contributed by atoms with Crippen LogP contribution in [0.5, 0.6) is 11.5 Å². The van der Waals surface area contributed by atoms with E-state index < -0.39 is 9.85 Å². The fraction of sp³-hybridized carbons (Fsp3) is 0.0833. The van der Waals surface area contributed by atoms with Crippen LogP contribution in [0.15, 0.2) is 73.1 Å². The lowest BCUT2D eigenvalue weighted by molar-refractivity contribution is -0.385. The fourth-order valence-corrected chi connectivity index (χ4v) is 3.41. The van der Waals surface area contributed by atoms with E-state index in [0.717, 1.165) is 0 Å². The molecule has 0 amide bonds. The van der Waals surface area contributed by atoms with Crippen LogP contribution >= 0.6 is 0 Å². The lowest BCUT2D eigenvalue weighted by Crippen LogP contribution is -2.02. The molecular weight excluding hydrogens is 468 g/mol. The van der Waals surface area contributed by atoms with Gasteiger partial charge in [-0.1, -0.05) is 0 Å². The van der Waals surface area contributed by atoms with Gasteiger partial charge in [0.2, 0.25) is 0 Å².